The number of aryl methyl sites for hydroxylation is 1. The predicted molar refractivity (Wildman–Crippen MR) is 69.9 cm³/mol. The molecule has 2 rings (SSSR count). The molecule has 0 amide bonds. The summed E-state index contributed by atoms with van der Waals surface area (Å²) in [6.07, 6.45) is 3.02. The third kappa shape index (κ3) is 2.81. The number of halogens is 1. The highest BCUT2D eigenvalue weighted by Gasteiger charge is 2.06. The first-order chi connectivity index (χ1) is 8.56. The second kappa shape index (κ2) is 5.10. The first kappa shape index (κ1) is 12.5. The number of ketones is 1. The van der Waals surface area contributed by atoms with Crippen molar-refractivity contribution in [2.45, 2.75) is 6.92 Å². The second-order valence-electron chi connectivity index (χ2n) is 3.82. The monoisotopic (exact) mass is 262 g/mol. The maximum Gasteiger partial charge on any atom is 0.221 e. The van der Waals surface area contributed by atoms with Crippen LogP contribution in [-0.4, -0.2) is 10.9 Å². The summed E-state index contributed by atoms with van der Waals surface area (Å²) in [6.45, 7) is 1.78. The molecule has 0 aliphatic carbocycles. The van der Waals surface area contributed by atoms with Crippen molar-refractivity contribution in [1.82, 2.24) is 0 Å². The van der Waals surface area contributed by atoms with Gasteiger partial charge in [0.2, 0.25) is 5.78 Å². The van der Waals surface area contributed by atoms with Crippen molar-refractivity contribution in [3.63, 3.8) is 0 Å². The van der Waals surface area contributed by atoms with E-state index in [0.29, 0.717) is 11.5 Å². The van der Waals surface area contributed by atoms with Gasteiger partial charge in [0, 0.05) is 0 Å². The van der Waals surface area contributed by atoms with Crippen LogP contribution in [0, 0.1) is 6.92 Å². The molecule has 0 atom stereocenters. The number of hydrogen-bond donors (Lipinski definition) is 1. The fraction of sp³-hybridized carbons (Fsp3) is 0.0714. The van der Waals surface area contributed by atoms with Crippen LogP contribution in [0.5, 0.6) is 5.75 Å². The van der Waals surface area contributed by atoms with Gasteiger partial charge in [0.15, 0.2) is 5.76 Å². The predicted octanol–water partition coefficient (Wildman–Crippen LogP) is 3.84. The number of carbonyl (C=O) groups is 1. The zero-order chi connectivity index (χ0) is 13.1. The van der Waals surface area contributed by atoms with Crippen molar-refractivity contribution >= 4 is 23.5 Å². The van der Waals surface area contributed by atoms with Gasteiger partial charge < -0.3 is 9.52 Å². The Morgan fingerprint density at radius 2 is 2.11 bits per heavy atom. The summed E-state index contributed by atoms with van der Waals surface area (Å²) in [4.78, 5) is 11.7. The van der Waals surface area contributed by atoms with Crippen molar-refractivity contribution < 1.29 is 14.3 Å². The van der Waals surface area contributed by atoms with Gasteiger partial charge in [-0.1, -0.05) is 23.7 Å². The molecule has 0 radical (unpaired) electrons. The van der Waals surface area contributed by atoms with Crippen LogP contribution in [0.2, 0.25) is 5.02 Å². The van der Waals surface area contributed by atoms with E-state index in [0.717, 1.165) is 5.56 Å². The summed E-state index contributed by atoms with van der Waals surface area (Å²) in [5, 5.41) is 9.51. The SMILES string of the molecule is Cc1ccc(C(=O)C=Cc2ccc(O)c(Cl)c2)o1. The molecule has 0 saturated heterocycles. The number of aromatic hydroxyl groups is 1. The molecule has 4 heteroatoms. The number of allylic oxidation sites excluding steroid dienone is 1. The molecule has 1 aromatic carbocycles. The molecule has 0 fully saturated rings. The Balaban J connectivity index is 2.15. The molecule has 0 unspecified atom stereocenters. The molecule has 0 spiro atoms. The van der Waals surface area contributed by atoms with Crippen LogP contribution in [0.1, 0.15) is 21.9 Å². The zero-order valence-corrected chi connectivity index (χ0v) is 10.4. The number of carbonyl (C=O) groups excluding carboxylic acids is 1. The topological polar surface area (TPSA) is 50.4 Å². The van der Waals surface area contributed by atoms with Crippen LogP contribution in [-0.2, 0) is 0 Å². The lowest BCUT2D eigenvalue weighted by Gasteiger charge is -1.97. The third-order valence-corrected chi connectivity index (χ3v) is 2.68. The second-order valence-corrected chi connectivity index (χ2v) is 4.23. The Morgan fingerprint density at radius 3 is 2.72 bits per heavy atom. The average molecular weight is 263 g/mol. The number of benzene rings is 1. The average Bonchev–Trinajstić information content (AvgIpc) is 2.77. The minimum Gasteiger partial charge on any atom is -0.506 e. The number of hydrogen-bond acceptors (Lipinski definition) is 3. The molecule has 1 N–H and O–H groups in total. The summed E-state index contributed by atoms with van der Waals surface area (Å²) >= 11 is 5.76. The van der Waals surface area contributed by atoms with E-state index in [9.17, 15) is 9.90 Å². The lowest BCUT2D eigenvalue weighted by atomic mass is 10.2. The maximum atomic E-state index is 11.7. The van der Waals surface area contributed by atoms with Gasteiger partial charge in [-0.3, -0.25) is 4.79 Å². The fourth-order valence-electron chi connectivity index (χ4n) is 1.45. The summed E-state index contributed by atoms with van der Waals surface area (Å²) in [5.74, 6) is 0.794. The van der Waals surface area contributed by atoms with Crippen molar-refractivity contribution in [1.29, 1.82) is 0 Å². The highest BCUT2D eigenvalue weighted by atomic mass is 35.5. The molecular weight excluding hydrogens is 252 g/mol. The Hall–Kier alpha value is -2.00. The van der Waals surface area contributed by atoms with E-state index in [1.54, 1.807) is 37.3 Å². The Morgan fingerprint density at radius 1 is 1.33 bits per heavy atom. The highest BCUT2D eigenvalue weighted by molar-refractivity contribution is 6.32. The normalized spacial score (nSPS) is 11.0. The lowest BCUT2D eigenvalue weighted by Crippen LogP contribution is -1.90. The van der Waals surface area contributed by atoms with Crippen molar-refractivity contribution in [2.75, 3.05) is 0 Å². The summed E-state index contributed by atoms with van der Waals surface area (Å²) in [7, 11) is 0. The van der Waals surface area contributed by atoms with Crippen LogP contribution in [0.4, 0.5) is 0 Å². The number of phenolic OH excluding ortho intramolecular Hbond substituents is 1. The van der Waals surface area contributed by atoms with E-state index < -0.39 is 0 Å². The van der Waals surface area contributed by atoms with Gasteiger partial charge in [0.05, 0.1) is 5.02 Å². The zero-order valence-electron chi connectivity index (χ0n) is 9.68. The van der Waals surface area contributed by atoms with Crippen LogP contribution in [0.25, 0.3) is 6.08 Å². The lowest BCUT2D eigenvalue weighted by molar-refractivity contribution is 0.102. The van der Waals surface area contributed by atoms with Crippen molar-refractivity contribution in [3.8, 4) is 5.75 Å². The Kier molecular flexibility index (Phi) is 3.53. The molecule has 0 bridgehead atoms. The molecule has 3 nitrogen and oxygen atoms in total. The van der Waals surface area contributed by atoms with Crippen LogP contribution >= 0.6 is 11.6 Å². The molecule has 0 saturated carbocycles. The van der Waals surface area contributed by atoms with Gasteiger partial charge >= 0.3 is 0 Å². The maximum absolute atomic E-state index is 11.7. The molecular formula is C14H11ClO3. The van der Waals surface area contributed by atoms with E-state index in [2.05, 4.69) is 0 Å². The quantitative estimate of drug-likeness (QED) is 0.675. The minimum atomic E-state index is -0.215. The largest absolute Gasteiger partial charge is 0.506 e. The standard InChI is InChI=1S/C14H11ClO3/c1-9-2-7-14(18-9)13(17)6-4-10-3-5-12(16)11(15)8-10/h2-8,16H,1H3. The number of furan rings is 1. The summed E-state index contributed by atoms with van der Waals surface area (Å²) in [5.41, 5.74) is 0.731. The Labute approximate surface area is 109 Å². The van der Waals surface area contributed by atoms with E-state index in [4.69, 9.17) is 16.0 Å². The first-order valence-electron chi connectivity index (χ1n) is 5.33. The summed E-state index contributed by atoms with van der Waals surface area (Å²) in [6, 6.07) is 8.08. The van der Waals surface area contributed by atoms with Gasteiger partial charge in [0.1, 0.15) is 11.5 Å². The molecule has 92 valence electrons. The van der Waals surface area contributed by atoms with Gasteiger partial charge in [0.25, 0.3) is 0 Å². The van der Waals surface area contributed by atoms with Gasteiger partial charge in [-0.25, -0.2) is 0 Å². The minimum absolute atomic E-state index is 0.0156. The van der Waals surface area contributed by atoms with E-state index in [-0.39, 0.29) is 16.6 Å². The molecule has 2 aromatic rings. The van der Waals surface area contributed by atoms with Gasteiger partial charge in [-0.2, -0.15) is 0 Å². The molecule has 0 aliphatic rings. The number of phenols is 1. The third-order valence-electron chi connectivity index (χ3n) is 2.38. The summed E-state index contributed by atoms with van der Waals surface area (Å²) < 4.78 is 5.21. The van der Waals surface area contributed by atoms with Gasteiger partial charge in [-0.05, 0) is 42.8 Å². The van der Waals surface area contributed by atoms with Crippen LogP contribution in [0.15, 0.2) is 40.8 Å². The fourth-order valence-corrected chi connectivity index (χ4v) is 1.64. The number of rotatable bonds is 3. The van der Waals surface area contributed by atoms with E-state index >= 15 is 0 Å². The van der Waals surface area contributed by atoms with Crippen molar-refractivity contribution in [3.05, 3.63) is 58.5 Å². The van der Waals surface area contributed by atoms with Crippen molar-refractivity contribution in [2.24, 2.45) is 0 Å². The molecule has 18 heavy (non-hydrogen) atoms. The van der Waals surface area contributed by atoms with E-state index in [1.165, 1.54) is 12.1 Å². The molecule has 1 aromatic heterocycles. The molecule has 0 aliphatic heterocycles. The van der Waals surface area contributed by atoms with E-state index in [1.807, 2.05) is 0 Å². The smallest absolute Gasteiger partial charge is 0.221 e. The highest BCUT2D eigenvalue weighted by Crippen LogP contribution is 2.24. The first-order valence-corrected chi connectivity index (χ1v) is 5.71. The van der Waals surface area contributed by atoms with Crippen LogP contribution < -0.4 is 0 Å². The van der Waals surface area contributed by atoms with Crippen LogP contribution in [0.3, 0.4) is 0 Å². The molecule has 1 heterocycles. The Bertz CT molecular complexity index is 611. The van der Waals surface area contributed by atoms with Gasteiger partial charge in [-0.15, -0.1) is 0 Å².